The number of hydrogen-bond acceptors (Lipinski definition) is 5. The van der Waals surface area contributed by atoms with E-state index in [9.17, 15) is 0 Å². The Morgan fingerprint density at radius 2 is 2.00 bits per heavy atom. The van der Waals surface area contributed by atoms with Gasteiger partial charge >= 0.3 is 0 Å². The summed E-state index contributed by atoms with van der Waals surface area (Å²) in [5.41, 5.74) is 1.18. The molecule has 0 saturated carbocycles. The van der Waals surface area contributed by atoms with Gasteiger partial charge in [0.05, 0.1) is 7.11 Å². The number of benzene rings is 1. The van der Waals surface area contributed by atoms with E-state index < -0.39 is 0 Å². The molecular weight excluding hydrogens is 304 g/mol. The Kier molecular flexibility index (Phi) is 6.21. The van der Waals surface area contributed by atoms with Crippen LogP contribution in [0.15, 0.2) is 12.1 Å². The molecule has 2 aliphatic rings. The molecular formula is C19H30N2O3. The number of methoxy groups -OCH3 is 1. The Balaban J connectivity index is 1.52. The van der Waals surface area contributed by atoms with E-state index in [1.807, 2.05) is 0 Å². The van der Waals surface area contributed by atoms with Gasteiger partial charge in [-0.1, -0.05) is 13.3 Å². The highest BCUT2D eigenvalue weighted by Crippen LogP contribution is 2.40. The van der Waals surface area contributed by atoms with Crippen LogP contribution in [-0.2, 0) is 6.54 Å². The maximum Gasteiger partial charge on any atom is 0.203 e. The third-order valence-corrected chi connectivity index (χ3v) is 4.90. The summed E-state index contributed by atoms with van der Waals surface area (Å²) in [5, 5.41) is 3.69. The van der Waals surface area contributed by atoms with Crippen LogP contribution in [0.25, 0.3) is 0 Å². The molecule has 2 heterocycles. The largest absolute Gasteiger partial charge is 0.493 e. The zero-order valence-electron chi connectivity index (χ0n) is 15.0. The first kappa shape index (κ1) is 17.4. The van der Waals surface area contributed by atoms with Crippen molar-refractivity contribution in [2.24, 2.45) is 0 Å². The molecule has 1 aromatic carbocycles. The molecule has 1 N–H and O–H groups in total. The minimum absolute atomic E-state index is 0.581. The first-order chi connectivity index (χ1) is 11.8. The van der Waals surface area contributed by atoms with Crippen molar-refractivity contribution >= 4 is 0 Å². The molecule has 0 aliphatic carbocycles. The lowest BCUT2D eigenvalue weighted by Gasteiger charge is -2.32. The highest BCUT2D eigenvalue weighted by Gasteiger charge is 2.20. The van der Waals surface area contributed by atoms with Crippen molar-refractivity contribution in [1.82, 2.24) is 10.2 Å². The number of hydrogen-bond donors (Lipinski definition) is 1. The molecule has 5 nitrogen and oxygen atoms in total. The van der Waals surface area contributed by atoms with Crippen molar-refractivity contribution in [2.75, 3.05) is 40.0 Å². The maximum absolute atomic E-state index is 5.71. The third-order valence-electron chi connectivity index (χ3n) is 4.90. The molecule has 134 valence electrons. The first-order valence-electron chi connectivity index (χ1n) is 9.22. The van der Waals surface area contributed by atoms with Crippen molar-refractivity contribution in [1.29, 1.82) is 0 Å². The number of likely N-dealkylation sites (tertiary alicyclic amines) is 1. The second-order valence-electron chi connectivity index (χ2n) is 6.67. The van der Waals surface area contributed by atoms with Crippen molar-refractivity contribution < 1.29 is 14.2 Å². The quantitative estimate of drug-likeness (QED) is 0.830. The van der Waals surface area contributed by atoms with Gasteiger partial charge in [-0.3, -0.25) is 0 Å². The van der Waals surface area contributed by atoms with E-state index in [2.05, 4.69) is 29.3 Å². The molecule has 1 fully saturated rings. The minimum Gasteiger partial charge on any atom is -0.493 e. The molecule has 0 aromatic heterocycles. The van der Waals surface area contributed by atoms with Crippen LogP contribution >= 0.6 is 0 Å². The van der Waals surface area contributed by atoms with Crippen LogP contribution in [0.3, 0.4) is 0 Å². The molecule has 0 bridgehead atoms. The van der Waals surface area contributed by atoms with Gasteiger partial charge in [0.2, 0.25) is 5.75 Å². The van der Waals surface area contributed by atoms with Crippen LogP contribution in [0.4, 0.5) is 0 Å². The average molecular weight is 334 g/mol. The Morgan fingerprint density at radius 1 is 1.21 bits per heavy atom. The Morgan fingerprint density at radius 3 is 2.75 bits per heavy atom. The standard InChI is InChI=1S/C19H30N2O3/c1-3-4-7-21-8-5-16(6-9-21)20-14-15-12-17(22-2)19-18(13-15)23-10-11-24-19/h12-13,16,20H,3-11,14H2,1-2H3. The number of piperidine rings is 1. The smallest absolute Gasteiger partial charge is 0.203 e. The molecule has 2 aliphatic heterocycles. The lowest BCUT2D eigenvalue weighted by Crippen LogP contribution is -2.42. The van der Waals surface area contributed by atoms with Crippen LogP contribution in [0.2, 0.25) is 0 Å². The summed E-state index contributed by atoms with van der Waals surface area (Å²) in [6, 6.07) is 4.72. The molecule has 0 unspecified atom stereocenters. The summed E-state index contributed by atoms with van der Waals surface area (Å²) in [6.07, 6.45) is 5.05. The summed E-state index contributed by atoms with van der Waals surface area (Å²) in [4.78, 5) is 2.59. The van der Waals surface area contributed by atoms with Gasteiger partial charge in [0.1, 0.15) is 13.2 Å². The van der Waals surface area contributed by atoms with Crippen molar-refractivity contribution in [2.45, 2.75) is 45.2 Å². The Bertz CT molecular complexity index is 510. The van der Waals surface area contributed by atoms with E-state index in [0.717, 1.165) is 23.8 Å². The predicted octanol–water partition coefficient (Wildman–Crippen LogP) is 2.82. The summed E-state index contributed by atoms with van der Waals surface area (Å²) in [6.45, 7) is 7.95. The maximum atomic E-state index is 5.71. The molecule has 24 heavy (non-hydrogen) atoms. The lowest BCUT2D eigenvalue weighted by atomic mass is 10.0. The van der Waals surface area contributed by atoms with Gasteiger partial charge in [0, 0.05) is 12.6 Å². The molecule has 5 heteroatoms. The Labute approximate surface area is 145 Å². The van der Waals surface area contributed by atoms with E-state index in [1.165, 1.54) is 50.9 Å². The van der Waals surface area contributed by atoms with Crippen LogP contribution in [0.5, 0.6) is 17.2 Å². The normalized spacial score (nSPS) is 18.6. The van der Waals surface area contributed by atoms with E-state index in [0.29, 0.717) is 19.3 Å². The Hall–Kier alpha value is -1.46. The van der Waals surface area contributed by atoms with Crippen molar-refractivity contribution in [3.8, 4) is 17.2 Å². The van der Waals surface area contributed by atoms with Crippen LogP contribution < -0.4 is 19.5 Å². The summed E-state index contributed by atoms with van der Waals surface area (Å²) < 4.78 is 16.8. The zero-order chi connectivity index (χ0) is 16.8. The van der Waals surface area contributed by atoms with Gasteiger partial charge < -0.3 is 24.4 Å². The number of ether oxygens (including phenoxy) is 3. The predicted molar refractivity (Wildman–Crippen MR) is 95.2 cm³/mol. The molecule has 1 aromatic rings. The summed E-state index contributed by atoms with van der Waals surface area (Å²) in [5.74, 6) is 2.29. The fraction of sp³-hybridized carbons (Fsp3) is 0.684. The van der Waals surface area contributed by atoms with Crippen molar-refractivity contribution in [3.63, 3.8) is 0 Å². The lowest BCUT2D eigenvalue weighted by molar-refractivity contribution is 0.164. The van der Waals surface area contributed by atoms with Crippen LogP contribution in [0, 0.1) is 0 Å². The van der Waals surface area contributed by atoms with Gasteiger partial charge in [0.15, 0.2) is 11.5 Å². The average Bonchev–Trinajstić information content (AvgIpc) is 2.64. The highest BCUT2D eigenvalue weighted by atomic mass is 16.6. The number of nitrogens with one attached hydrogen (secondary N) is 1. The van der Waals surface area contributed by atoms with E-state index in [-0.39, 0.29) is 0 Å². The van der Waals surface area contributed by atoms with Gasteiger partial charge in [-0.2, -0.15) is 0 Å². The number of nitrogens with zero attached hydrogens (tertiary/aromatic N) is 1. The third kappa shape index (κ3) is 4.33. The van der Waals surface area contributed by atoms with E-state index >= 15 is 0 Å². The summed E-state index contributed by atoms with van der Waals surface area (Å²) in [7, 11) is 1.68. The second kappa shape index (κ2) is 8.58. The van der Waals surface area contributed by atoms with Gasteiger partial charge in [-0.25, -0.2) is 0 Å². The monoisotopic (exact) mass is 334 g/mol. The van der Waals surface area contributed by atoms with Gasteiger partial charge in [-0.15, -0.1) is 0 Å². The molecule has 1 saturated heterocycles. The fourth-order valence-electron chi connectivity index (χ4n) is 3.43. The molecule has 0 atom stereocenters. The topological polar surface area (TPSA) is 43.0 Å². The summed E-state index contributed by atoms with van der Waals surface area (Å²) >= 11 is 0. The van der Waals surface area contributed by atoms with Crippen molar-refractivity contribution in [3.05, 3.63) is 17.7 Å². The number of fused-ring (bicyclic) bond motifs is 1. The molecule has 3 rings (SSSR count). The first-order valence-corrected chi connectivity index (χ1v) is 9.22. The zero-order valence-corrected chi connectivity index (χ0v) is 15.0. The minimum atomic E-state index is 0.581. The number of rotatable bonds is 7. The molecule has 0 spiro atoms. The SMILES string of the molecule is CCCCN1CCC(NCc2cc(OC)c3c(c2)OCCO3)CC1. The van der Waals surface area contributed by atoms with Gasteiger partial charge in [-0.05, 0) is 56.6 Å². The van der Waals surface area contributed by atoms with E-state index in [1.54, 1.807) is 7.11 Å². The van der Waals surface area contributed by atoms with E-state index in [4.69, 9.17) is 14.2 Å². The second-order valence-corrected chi connectivity index (χ2v) is 6.67. The molecule has 0 amide bonds. The number of unbranched alkanes of at least 4 members (excludes halogenated alkanes) is 1. The van der Waals surface area contributed by atoms with Crippen LogP contribution in [-0.4, -0.2) is 50.9 Å². The fourth-order valence-corrected chi connectivity index (χ4v) is 3.43. The molecule has 0 radical (unpaired) electrons. The van der Waals surface area contributed by atoms with Gasteiger partial charge in [0.25, 0.3) is 0 Å². The van der Waals surface area contributed by atoms with Crippen LogP contribution in [0.1, 0.15) is 38.2 Å². The highest BCUT2D eigenvalue weighted by molar-refractivity contribution is 5.54.